The van der Waals surface area contributed by atoms with Crippen molar-refractivity contribution in [1.82, 2.24) is 0 Å². The van der Waals surface area contributed by atoms with E-state index in [4.69, 9.17) is 9.15 Å². The van der Waals surface area contributed by atoms with Gasteiger partial charge in [-0.15, -0.1) is 0 Å². The van der Waals surface area contributed by atoms with Crippen molar-refractivity contribution in [1.29, 1.82) is 0 Å². The Morgan fingerprint density at radius 3 is 2.67 bits per heavy atom. The smallest absolute Gasteiger partial charge is 0.362 e. The molecule has 6 nitrogen and oxygen atoms in total. The van der Waals surface area contributed by atoms with Crippen LogP contribution in [-0.4, -0.2) is 19.6 Å². The molecule has 1 saturated carbocycles. The topological polar surface area (TPSA) is 80.6 Å². The highest BCUT2D eigenvalue weighted by Crippen LogP contribution is 2.31. The molecule has 0 aliphatic heterocycles. The van der Waals surface area contributed by atoms with Crippen molar-refractivity contribution in [3.8, 4) is 5.75 Å². The molecule has 30 heavy (non-hydrogen) atoms. The molecule has 1 amide bonds. The summed E-state index contributed by atoms with van der Waals surface area (Å²) in [4.78, 5) is 25.6. The normalized spacial score (nSPS) is 14.4. The molecule has 1 aliphatic carbocycles. The van der Waals surface area contributed by atoms with Crippen LogP contribution in [0.15, 0.2) is 57.7 Å². The van der Waals surface area contributed by atoms with E-state index in [0.29, 0.717) is 28.5 Å². The lowest BCUT2D eigenvalue weighted by Gasteiger charge is -2.23. The number of hydrogen-bond acceptors (Lipinski definition) is 5. The van der Waals surface area contributed by atoms with E-state index in [1.165, 1.54) is 32.1 Å². The Balaban J connectivity index is 1.67. The zero-order valence-electron chi connectivity index (χ0n) is 17.1. The second-order valence-corrected chi connectivity index (χ2v) is 7.71. The van der Waals surface area contributed by atoms with Gasteiger partial charge in [0.15, 0.2) is 5.69 Å². The van der Waals surface area contributed by atoms with Crippen molar-refractivity contribution < 1.29 is 13.9 Å². The van der Waals surface area contributed by atoms with Gasteiger partial charge < -0.3 is 19.8 Å². The number of ether oxygens (including phenoxy) is 1. The number of anilines is 2. The fourth-order valence-electron chi connectivity index (χ4n) is 4.03. The van der Waals surface area contributed by atoms with Gasteiger partial charge in [0.1, 0.15) is 11.3 Å². The molecule has 1 aliphatic rings. The first-order valence-corrected chi connectivity index (χ1v) is 10.4. The molecule has 1 heterocycles. The van der Waals surface area contributed by atoms with Gasteiger partial charge in [0.25, 0.3) is 5.91 Å². The van der Waals surface area contributed by atoms with Gasteiger partial charge in [0, 0.05) is 17.5 Å². The van der Waals surface area contributed by atoms with Crippen molar-refractivity contribution in [2.75, 3.05) is 24.3 Å². The van der Waals surface area contributed by atoms with E-state index in [1.807, 2.05) is 18.2 Å². The van der Waals surface area contributed by atoms with Crippen LogP contribution in [0, 0.1) is 5.92 Å². The van der Waals surface area contributed by atoms with Crippen molar-refractivity contribution >= 4 is 28.3 Å². The third-order valence-corrected chi connectivity index (χ3v) is 5.68. The second-order valence-electron chi connectivity index (χ2n) is 7.71. The summed E-state index contributed by atoms with van der Waals surface area (Å²) >= 11 is 0. The summed E-state index contributed by atoms with van der Waals surface area (Å²) < 4.78 is 10.7. The molecule has 2 aromatic carbocycles. The molecule has 0 atom stereocenters. The number of para-hydroxylation sites is 1. The molecule has 6 heteroatoms. The Bertz CT molecular complexity index is 1100. The first-order chi connectivity index (χ1) is 14.7. The minimum absolute atomic E-state index is 0.136. The van der Waals surface area contributed by atoms with Crippen LogP contribution >= 0.6 is 0 Å². The molecule has 3 aromatic rings. The van der Waals surface area contributed by atoms with E-state index in [-0.39, 0.29) is 5.69 Å². The molecule has 1 fully saturated rings. The second kappa shape index (κ2) is 9.03. The highest BCUT2D eigenvalue weighted by Gasteiger charge is 2.20. The lowest BCUT2D eigenvalue weighted by Crippen LogP contribution is -2.23. The molecule has 156 valence electrons. The van der Waals surface area contributed by atoms with Crippen molar-refractivity contribution in [2.45, 2.75) is 32.1 Å². The maximum absolute atomic E-state index is 12.9. The van der Waals surface area contributed by atoms with Crippen molar-refractivity contribution in [3.63, 3.8) is 0 Å². The van der Waals surface area contributed by atoms with Crippen LogP contribution in [0.1, 0.15) is 42.5 Å². The summed E-state index contributed by atoms with van der Waals surface area (Å²) in [6.45, 7) is 0.759. The van der Waals surface area contributed by atoms with Crippen LogP contribution < -0.4 is 21.0 Å². The first-order valence-electron chi connectivity index (χ1n) is 10.4. The van der Waals surface area contributed by atoms with Crippen LogP contribution in [0.5, 0.6) is 5.75 Å². The zero-order valence-corrected chi connectivity index (χ0v) is 17.1. The standard InChI is InChI=1S/C24H26N2O4/c1-29-18-11-7-10-17(14-18)23(27)26-22-21(25-15-16-8-3-2-4-9-16)19-12-5-6-13-20(19)30-24(22)28/h5-7,10-14,16,25H,2-4,8-9,15H2,1H3,(H,26,27). The number of carbonyl (C=O) groups is 1. The maximum atomic E-state index is 12.9. The maximum Gasteiger partial charge on any atom is 0.362 e. The molecule has 0 radical (unpaired) electrons. The van der Waals surface area contributed by atoms with Crippen LogP contribution in [0.3, 0.4) is 0 Å². The quantitative estimate of drug-likeness (QED) is 0.560. The summed E-state index contributed by atoms with van der Waals surface area (Å²) in [5.74, 6) is 0.743. The molecule has 0 bridgehead atoms. The SMILES string of the molecule is COc1cccc(C(=O)Nc2c(NCC3CCCCC3)c3ccccc3oc2=O)c1. The number of carbonyl (C=O) groups excluding carboxylic acids is 1. The van der Waals surface area contributed by atoms with E-state index in [9.17, 15) is 9.59 Å². The Kier molecular flexibility index (Phi) is 6.02. The summed E-state index contributed by atoms with van der Waals surface area (Å²) in [7, 11) is 1.54. The average molecular weight is 406 g/mol. The number of amides is 1. The van der Waals surface area contributed by atoms with Crippen LogP contribution in [-0.2, 0) is 0 Å². The van der Waals surface area contributed by atoms with Gasteiger partial charge in [0.2, 0.25) is 0 Å². The van der Waals surface area contributed by atoms with Crippen LogP contribution in [0.4, 0.5) is 11.4 Å². The average Bonchev–Trinajstić information content (AvgIpc) is 2.79. The minimum Gasteiger partial charge on any atom is -0.497 e. The van der Waals surface area contributed by atoms with Crippen molar-refractivity contribution in [3.05, 3.63) is 64.5 Å². The van der Waals surface area contributed by atoms with E-state index in [1.54, 1.807) is 37.4 Å². The third kappa shape index (κ3) is 4.32. The Labute approximate surface area is 175 Å². The van der Waals surface area contributed by atoms with Gasteiger partial charge in [-0.25, -0.2) is 4.79 Å². The summed E-state index contributed by atoms with van der Waals surface area (Å²) in [5, 5.41) is 6.98. The number of hydrogen-bond donors (Lipinski definition) is 2. The van der Waals surface area contributed by atoms with E-state index in [2.05, 4.69) is 10.6 Å². The van der Waals surface area contributed by atoms with Gasteiger partial charge >= 0.3 is 5.63 Å². The summed E-state index contributed by atoms with van der Waals surface area (Å²) in [6.07, 6.45) is 6.12. The number of rotatable bonds is 6. The first kappa shape index (κ1) is 20.0. The summed E-state index contributed by atoms with van der Waals surface area (Å²) in [5.41, 5.74) is 1.07. The number of nitrogens with one attached hydrogen (secondary N) is 2. The Hall–Kier alpha value is -3.28. The number of methoxy groups -OCH3 is 1. The zero-order chi connectivity index (χ0) is 20.9. The molecule has 1 aromatic heterocycles. The Morgan fingerprint density at radius 1 is 1.07 bits per heavy atom. The lowest BCUT2D eigenvalue weighted by molar-refractivity contribution is 0.102. The Morgan fingerprint density at radius 2 is 1.87 bits per heavy atom. The predicted octanol–water partition coefficient (Wildman–Crippen LogP) is 5.05. The van der Waals surface area contributed by atoms with Crippen molar-refractivity contribution in [2.24, 2.45) is 5.92 Å². The molecule has 0 unspecified atom stereocenters. The molecule has 0 spiro atoms. The minimum atomic E-state index is -0.573. The van der Waals surface area contributed by atoms with E-state index in [0.717, 1.165) is 11.9 Å². The van der Waals surface area contributed by atoms with Crippen LogP contribution in [0.2, 0.25) is 0 Å². The number of benzene rings is 2. The third-order valence-electron chi connectivity index (χ3n) is 5.68. The molecule has 2 N–H and O–H groups in total. The predicted molar refractivity (Wildman–Crippen MR) is 118 cm³/mol. The van der Waals surface area contributed by atoms with Gasteiger partial charge in [0.05, 0.1) is 12.8 Å². The molecular weight excluding hydrogens is 380 g/mol. The van der Waals surface area contributed by atoms with E-state index < -0.39 is 11.5 Å². The highest BCUT2D eigenvalue weighted by molar-refractivity contribution is 6.08. The number of fused-ring (bicyclic) bond motifs is 1. The largest absolute Gasteiger partial charge is 0.497 e. The monoisotopic (exact) mass is 406 g/mol. The molecular formula is C24H26N2O4. The van der Waals surface area contributed by atoms with Gasteiger partial charge in [-0.1, -0.05) is 37.5 Å². The fourth-order valence-corrected chi connectivity index (χ4v) is 4.03. The molecule has 4 rings (SSSR count). The summed E-state index contributed by atoms with van der Waals surface area (Å²) in [6, 6.07) is 14.2. The van der Waals surface area contributed by atoms with Gasteiger partial charge in [-0.3, -0.25) is 4.79 Å². The van der Waals surface area contributed by atoms with Gasteiger partial charge in [-0.05, 0) is 49.1 Å². The molecule has 0 saturated heterocycles. The highest BCUT2D eigenvalue weighted by atomic mass is 16.5. The van der Waals surface area contributed by atoms with Gasteiger partial charge in [-0.2, -0.15) is 0 Å². The lowest BCUT2D eigenvalue weighted by atomic mass is 9.89. The fraction of sp³-hybridized carbons (Fsp3) is 0.333. The van der Waals surface area contributed by atoms with E-state index >= 15 is 0 Å². The van der Waals surface area contributed by atoms with Crippen LogP contribution in [0.25, 0.3) is 11.0 Å².